The number of anilines is 1. The summed E-state index contributed by atoms with van der Waals surface area (Å²) in [5.41, 5.74) is 0.360. The van der Waals surface area contributed by atoms with E-state index in [2.05, 4.69) is 22.4 Å². The molecule has 0 bridgehead atoms. The fraction of sp³-hybridized carbons (Fsp3) is 0.308. The number of halogens is 1. The fourth-order valence-corrected chi connectivity index (χ4v) is 1.97. The summed E-state index contributed by atoms with van der Waals surface area (Å²) in [6.07, 6.45) is -1.34. The molecule has 1 aromatic carbocycles. The Hall–Kier alpha value is -2.31. The Labute approximate surface area is 125 Å². The van der Waals surface area contributed by atoms with Crippen LogP contribution in [0.2, 0.25) is 0 Å². The molecule has 0 N–H and O–H groups in total. The van der Waals surface area contributed by atoms with Crippen molar-refractivity contribution in [2.24, 2.45) is 4.99 Å². The molecular weight excluding hydrogens is 297 g/mol. The van der Waals surface area contributed by atoms with Gasteiger partial charge in [0.1, 0.15) is 5.69 Å². The zero-order chi connectivity index (χ0) is 15.6. The number of thiocarbonyl (C=S) groups is 1. The predicted molar refractivity (Wildman–Crippen MR) is 77.1 cm³/mol. The van der Waals surface area contributed by atoms with Crippen molar-refractivity contribution in [1.29, 1.82) is 0 Å². The van der Waals surface area contributed by atoms with E-state index >= 15 is 0 Å². The molecule has 1 aliphatic heterocycles. The van der Waals surface area contributed by atoms with E-state index in [1.807, 2.05) is 0 Å². The van der Waals surface area contributed by atoms with Gasteiger partial charge in [-0.15, -0.1) is 0 Å². The molecule has 0 aromatic heterocycles. The van der Waals surface area contributed by atoms with Gasteiger partial charge in [-0.3, -0.25) is 9.69 Å². The normalized spacial score (nSPS) is 17.2. The topological polar surface area (TPSA) is 62.2 Å². The van der Waals surface area contributed by atoms with Gasteiger partial charge in [-0.25, -0.2) is 9.18 Å². The van der Waals surface area contributed by atoms with E-state index in [1.54, 1.807) is 0 Å². The predicted octanol–water partition coefficient (Wildman–Crippen LogP) is 2.32. The standard InChI is InChI=1S/C13H12FN3O3S/c1-8(18)16(2)12-6-17(13(19)20-12)9-3-4-11(15-7-21)10(14)5-9/h3-5,12H,6H2,1-2H3. The van der Waals surface area contributed by atoms with Crippen LogP contribution in [0.1, 0.15) is 6.92 Å². The van der Waals surface area contributed by atoms with Gasteiger partial charge in [0, 0.05) is 20.0 Å². The second kappa shape index (κ2) is 5.99. The van der Waals surface area contributed by atoms with Crippen LogP contribution in [0, 0.1) is 5.82 Å². The Morgan fingerprint density at radius 2 is 2.33 bits per heavy atom. The number of hydrogen-bond donors (Lipinski definition) is 0. The zero-order valence-corrected chi connectivity index (χ0v) is 12.2. The van der Waals surface area contributed by atoms with E-state index in [9.17, 15) is 14.0 Å². The number of aliphatic imine (C=N–C) groups is 1. The summed E-state index contributed by atoms with van der Waals surface area (Å²) in [5, 5.41) is 2.08. The Morgan fingerprint density at radius 1 is 1.62 bits per heavy atom. The van der Waals surface area contributed by atoms with E-state index in [-0.39, 0.29) is 18.1 Å². The highest BCUT2D eigenvalue weighted by Crippen LogP contribution is 2.27. The Balaban J connectivity index is 2.23. The van der Waals surface area contributed by atoms with Crippen molar-refractivity contribution in [3.8, 4) is 0 Å². The maximum Gasteiger partial charge on any atom is 0.416 e. The fourth-order valence-electron chi connectivity index (χ4n) is 1.87. The van der Waals surface area contributed by atoms with Gasteiger partial charge in [0.15, 0.2) is 12.0 Å². The Morgan fingerprint density at radius 3 is 2.90 bits per heavy atom. The molecule has 0 aliphatic carbocycles. The minimum absolute atomic E-state index is 0.0405. The maximum atomic E-state index is 13.8. The van der Waals surface area contributed by atoms with Gasteiger partial charge in [0.05, 0.1) is 17.4 Å². The second-order valence-corrected chi connectivity index (χ2v) is 4.60. The van der Waals surface area contributed by atoms with E-state index in [4.69, 9.17) is 4.74 Å². The summed E-state index contributed by atoms with van der Waals surface area (Å²) in [7, 11) is 1.53. The van der Waals surface area contributed by atoms with Crippen LogP contribution in [0.25, 0.3) is 0 Å². The van der Waals surface area contributed by atoms with Crippen LogP contribution in [0.15, 0.2) is 23.2 Å². The molecule has 1 saturated heterocycles. The van der Waals surface area contributed by atoms with Crippen molar-refractivity contribution in [3.05, 3.63) is 24.0 Å². The Bertz CT molecular complexity index is 646. The van der Waals surface area contributed by atoms with Crippen LogP contribution in [0.5, 0.6) is 0 Å². The van der Waals surface area contributed by atoms with Gasteiger partial charge in [-0.2, -0.15) is 4.99 Å². The molecule has 1 fully saturated rings. The SMILES string of the molecule is CC(=O)N(C)C1CN(c2ccc(N=C=S)c(F)c2)C(=O)O1. The first-order valence-corrected chi connectivity index (χ1v) is 6.44. The van der Waals surface area contributed by atoms with Crippen molar-refractivity contribution in [1.82, 2.24) is 4.90 Å². The molecule has 2 amide bonds. The van der Waals surface area contributed by atoms with Crippen molar-refractivity contribution >= 4 is 40.8 Å². The number of ether oxygens (including phenoxy) is 1. The highest BCUT2D eigenvalue weighted by molar-refractivity contribution is 7.78. The van der Waals surface area contributed by atoms with E-state index in [0.717, 1.165) is 6.07 Å². The number of carbonyl (C=O) groups excluding carboxylic acids is 2. The summed E-state index contributed by atoms with van der Waals surface area (Å²) >= 11 is 4.42. The van der Waals surface area contributed by atoms with Crippen LogP contribution >= 0.6 is 12.2 Å². The maximum absolute atomic E-state index is 13.8. The van der Waals surface area contributed by atoms with Gasteiger partial charge in [0.2, 0.25) is 5.91 Å². The molecule has 2 rings (SSSR count). The molecule has 0 radical (unpaired) electrons. The number of carbonyl (C=O) groups is 2. The monoisotopic (exact) mass is 309 g/mol. The second-order valence-electron chi connectivity index (χ2n) is 4.42. The third-order valence-electron chi connectivity index (χ3n) is 3.13. The number of amides is 2. The lowest BCUT2D eigenvalue weighted by atomic mass is 10.2. The van der Waals surface area contributed by atoms with Crippen molar-refractivity contribution in [3.63, 3.8) is 0 Å². The summed E-state index contributed by atoms with van der Waals surface area (Å²) < 4.78 is 18.9. The van der Waals surface area contributed by atoms with E-state index in [0.29, 0.717) is 5.69 Å². The molecule has 1 aromatic rings. The molecule has 1 heterocycles. The third-order valence-corrected chi connectivity index (χ3v) is 3.22. The number of hydrogen-bond acceptors (Lipinski definition) is 5. The molecule has 8 heteroatoms. The molecule has 21 heavy (non-hydrogen) atoms. The first-order chi connectivity index (χ1) is 9.93. The largest absolute Gasteiger partial charge is 0.423 e. The first kappa shape index (κ1) is 15.1. The van der Waals surface area contributed by atoms with Crippen LogP contribution in [-0.4, -0.2) is 41.9 Å². The van der Waals surface area contributed by atoms with Crippen molar-refractivity contribution < 1.29 is 18.7 Å². The highest BCUT2D eigenvalue weighted by Gasteiger charge is 2.36. The van der Waals surface area contributed by atoms with E-state index < -0.39 is 18.1 Å². The lowest BCUT2D eigenvalue weighted by Gasteiger charge is -2.20. The minimum Gasteiger partial charge on any atom is -0.423 e. The van der Waals surface area contributed by atoms with Gasteiger partial charge >= 0.3 is 6.09 Å². The average Bonchev–Trinajstić information content (AvgIpc) is 2.82. The Kier molecular flexibility index (Phi) is 4.30. The summed E-state index contributed by atoms with van der Waals surface area (Å²) in [6, 6.07) is 4.06. The van der Waals surface area contributed by atoms with Crippen molar-refractivity contribution in [2.45, 2.75) is 13.2 Å². The summed E-state index contributed by atoms with van der Waals surface area (Å²) in [4.78, 5) is 29.2. The molecule has 0 spiro atoms. The molecule has 6 nitrogen and oxygen atoms in total. The smallest absolute Gasteiger partial charge is 0.416 e. The van der Waals surface area contributed by atoms with Crippen LogP contribution in [-0.2, 0) is 9.53 Å². The van der Waals surface area contributed by atoms with Gasteiger partial charge in [-0.05, 0) is 24.4 Å². The number of benzene rings is 1. The zero-order valence-electron chi connectivity index (χ0n) is 11.4. The number of likely N-dealkylation sites (N-methyl/N-ethyl adjacent to an activating group) is 1. The molecule has 0 saturated carbocycles. The molecule has 1 aliphatic rings. The number of rotatable bonds is 3. The number of cyclic esters (lactones) is 1. The lowest BCUT2D eigenvalue weighted by Crippen LogP contribution is -2.38. The third kappa shape index (κ3) is 3.07. The van der Waals surface area contributed by atoms with Gasteiger partial charge in [0.25, 0.3) is 0 Å². The van der Waals surface area contributed by atoms with Crippen LogP contribution in [0.3, 0.4) is 0 Å². The summed E-state index contributed by atoms with van der Waals surface area (Å²) in [6.45, 7) is 1.50. The number of isothiocyanates is 1. The van der Waals surface area contributed by atoms with Crippen LogP contribution < -0.4 is 4.90 Å². The lowest BCUT2D eigenvalue weighted by molar-refractivity contribution is -0.134. The molecule has 110 valence electrons. The first-order valence-electron chi connectivity index (χ1n) is 6.03. The van der Waals surface area contributed by atoms with E-state index in [1.165, 1.54) is 35.9 Å². The highest BCUT2D eigenvalue weighted by atomic mass is 32.1. The van der Waals surface area contributed by atoms with Gasteiger partial charge in [-0.1, -0.05) is 0 Å². The number of nitrogens with zero attached hydrogens (tertiary/aromatic N) is 3. The molecule has 1 unspecified atom stereocenters. The summed E-state index contributed by atoms with van der Waals surface area (Å²) in [5.74, 6) is -0.854. The molecular formula is C13H12FN3O3S. The molecule has 1 atom stereocenters. The van der Waals surface area contributed by atoms with Crippen molar-refractivity contribution in [2.75, 3.05) is 18.5 Å². The van der Waals surface area contributed by atoms with Gasteiger partial charge < -0.3 is 9.64 Å². The average molecular weight is 309 g/mol. The van der Waals surface area contributed by atoms with Crippen LogP contribution in [0.4, 0.5) is 20.6 Å². The minimum atomic E-state index is -0.697. The quantitative estimate of drug-likeness (QED) is 0.635.